The van der Waals surface area contributed by atoms with Gasteiger partial charge in [-0.3, -0.25) is 4.79 Å². The third-order valence-electron chi connectivity index (χ3n) is 4.30. The van der Waals surface area contributed by atoms with Crippen LogP contribution < -0.4 is 0 Å². The molecule has 1 atom stereocenters. The number of benzene rings is 1. The molecule has 1 saturated carbocycles. The van der Waals surface area contributed by atoms with Crippen LogP contribution in [0.4, 0.5) is 4.39 Å². The number of alkyl halides is 1. The molecular formula is C16H16FN3O2. The Hall–Kier alpha value is -2.24. The second-order valence-electron chi connectivity index (χ2n) is 6.04. The SMILES string of the molecule is O=C(C1CC1)N1CCC(F)(c2nc(-c3ccccc3)no2)C1. The van der Waals surface area contributed by atoms with Crippen molar-refractivity contribution in [3.8, 4) is 11.4 Å². The lowest BCUT2D eigenvalue weighted by molar-refractivity contribution is -0.132. The average molecular weight is 301 g/mol. The molecule has 5 nitrogen and oxygen atoms in total. The summed E-state index contributed by atoms with van der Waals surface area (Å²) in [5.41, 5.74) is -0.949. The van der Waals surface area contributed by atoms with Crippen LogP contribution in [0.5, 0.6) is 0 Å². The summed E-state index contributed by atoms with van der Waals surface area (Å²) in [5.74, 6) is 0.504. The third-order valence-corrected chi connectivity index (χ3v) is 4.30. The van der Waals surface area contributed by atoms with Crippen molar-refractivity contribution in [1.29, 1.82) is 0 Å². The summed E-state index contributed by atoms with van der Waals surface area (Å²) in [7, 11) is 0. The molecule has 22 heavy (non-hydrogen) atoms. The van der Waals surface area contributed by atoms with Crippen LogP contribution >= 0.6 is 0 Å². The third kappa shape index (κ3) is 2.28. The summed E-state index contributed by atoms with van der Waals surface area (Å²) in [6.45, 7) is 0.424. The summed E-state index contributed by atoms with van der Waals surface area (Å²) in [5, 5.41) is 3.86. The van der Waals surface area contributed by atoms with Crippen LogP contribution in [-0.4, -0.2) is 34.0 Å². The Morgan fingerprint density at radius 3 is 2.82 bits per heavy atom. The number of hydrogen-bond acceptors (Lipinski definition) is 4. The molecule has 0 bridgehead atoms. The van der Waals surface area contributed by atoms with Crippen molar-refractivity contribution >= 4 is 5.91 Å². The number of halogens is 1. The number of carbonyl (C=O) groups is 1. The molecule has 1 aliphatic heterocycles. The van der Waals surface area contributed by atoms with Gasteiger partial charge in [0.25, 0.3) is 5.89 Å². The smallest absolute Gasteiger partial charge is 0.266 e. The van der Waals surface area contributed by atoms with Crippen LogP contribution in [0.25, 0.3) is 11.4 Å². The van der Waals surface area contributed by atoms with Gasteiger partial charge >= 0.3 is 0 Å². The number of carbonyl (C=O) groups excluding carboxylic acids is 1. The Balaban J connectivity index is 1.54. The number of aromatic nitrogens is 2. The average Bonchev–Trinajstić information content (AvgIpc) is 3.12. The minimum absolute atomic E-state index is 0.0127. The molecule has 2 aromatic rings. The predicted molar refractivity (Wildman–Crippen MR) is 76.4 cm³/mol. The van der Waals surface area contributed by atoms with Crippen molar-refractivity contribution in [3.63, 3.8) is 0 Å². The first-order valence-electron chi connectivity index (χ1n) is 7.53. The molecular weight excluding hydrogens is 285 g/mol. The van der Waals surface area contributed by atoms with E-state index in [1.54, 1.807) is 4.90 Å². The lowest BCUT2D eigenvalue weighted by Gasteiger charge is -2.17. The van der Waals surface area contributed by atoms with Gasteiger partial charge in [0, 0.05) is 24.4 Å². The maximum Gasteiger partial charge on any atom is 0.266 e. The number of nitrogens with zero attached hydrogens (tertiary/aromatic N) is 3. The lowest BCUT2D eigenvalue weighted by atomic mass is 10.1. The maximum atomic E-state index is 15.1. The topological polar surface area (TPSA) is 59.2 Å². The van der Waals surface area contributed by atoms with E-state index in [0.29, 0.717) is 12.4 Å². The van der Waals surface area contributed by atoms with Crippen LogP contribution in [0.3, 0.4) is 0 Å². The molecule has 1 aromatic carbocycles. The normalized spacial score (nSPS) is 24.7. The van der Waals surface area contributed by atoms with E-state index in [0.717, 1.165) is 18.4 Å². The van der Waals surface area contributed by atoms with E-state index in [2.05, 4.69) is 10.1 Å². The maximum absolute atomic E-state index is 15.1. The Morgan fingerprint density at radius 2 is 2.09 bits per heavy atom. The van der Waals surface area contributed by atoms with E-state index in [-0.39, 0.29) is 30.7 Å². The predicted octanol–water partition coefficient (Wildman–Crippen LogP) is 2.54. The minimum Gasteiger partial charge on any atom is -0.339 e. The Morgan fingerprint density at radius 1 is 1.32 bits per heavy atom. The van der Waals surface area contributed by atoms with Gasteiger partial charge in [0.05, 0.1) is 6.54 Å². The Kier molecular flexibility index (Phi) is 2.99. The summed E-state index contributed by atoms with van der Waals surface area (Å²) in [6.07, 6.45) is 2.06. The van der Waals surface area contributed by atoms with Crippen LogP contribution in [0.2, 0.25) is 0 Å². The highest BCUT2D eigenvalue weighted by Gasteiger charge is 2.48. The molecule has 6 heteroatoms. The highest BCUT2D eigenvalue weighted by Crippen LogP contribution is 2.39. The standard InChI is InChI=1S/C16H16FN3O2/c17-16(8-9-20(10-16)14(21)12-6-7-12)15-18-13(19-22-15)11-4-2-1-3-5-11/h1-5,12H,6-10H2. The van der Waals surface area contributed by atoms with Gasteiger partial charge in [-0.2, -0.15) is 4.98 Å². The number of hydrogen-bond donors (Lipinski definition) is 0. The van der Waals surface area contributed by atoms with Crippen LogP contribution in [0, 0.1) is 5.92 Å². The second-order valence-corrected chi connectivity index (χ2v) is 6.04. The zero-order chi connectivity index (χ0) is 15.2. The molecule has 2 fully saturated rings. The van der Waals surface area contributed by atoms with Crippen molar-refractivity contribution in [1.82, 2.24) is 15.0 Å². The van der Waals surface area contributed by atoms with E-state index >= 15 is 4.39 Å². The first kappa shape index (κ1) is 13.4. The van der Waals surface area contributed by atoms with Crippen molar-refractivity contribution in [2.75, 3.05) is 13.1 Å². The Labute approximate surface area is 127 Å². The van der Waals surface area contributed by atoms with E-state index in [4.69, 9.17) is 4.52 Å². The van der Waals surface area contributed by atoms with Gasteiger partial charge in [-0.05, 0) is 12.8 Å². The molecule has 4 rings (SSSR count). The molecule has 0 spiro atoms. The molecule has 1 unspecified atom stereocenters. The van der Waals surface area contributed by atoms with E-state index in [1.165, 1.54) is 0 Å². The molecule has 0 radical (unpaired) electrons. The van der Waals surface area contributed by atoms with Gasteiger partial charge in [-0.15, -0.1) is 0 Å². The second kappa shape index (κ2) is 4.90. The van der Waals surface area contributed by atoms with Crippen molar-refractivity contribution in [2.24, 2.45) is 5.92 Å². The summed E-state index contributed by atoms with van der Waals surface area (Å²) >= 11 is 0. The zero-order valence-electron chi connectivity index (χ0n) is 12.0. The summed E-state index contributed by atoms with van der Waals surface area (Å²) < 4.78 is 20.2. The zero-order valence-corrected chi connectivity index (χ0v) is 12.0. The van der Waals surface area contributed by atoms with Crippen molar-refractivity contribution < 1.29 is 13.7 Å². The van der Waals surface area contributed by atoms with Gasteiger partial charge in [0.1, 0.15) is 0 Å². The molecule has 1 saturated heterocycles. The van der Waals surface area contributed by atoms with Crippen LogP contribution in [0.15, 0.2) is 34.9 Å². The van der Waals surface area contributed by atoms with E-state index < -0.39 is 5.67 Å². The highest BCUT2D eigenvalue weighted by atomic mass is 19.1. The van der Waals surface area contributed by atoms with Crippen molar-refractivity contribution in [2.45, 2.75) is 24.9 Å². The molecule has 114 valence electrons. The summed E-state index contributed by atoms with van der Waals surface area (Å²) in [4.78, 5) is 17.8. The fraction of sp³-hybridized carbons (Fsp3) is 0.438. The van der Waals surface area contributed by atoms with Gasteiger partial charge < -0.3 is 9.42 Å². The summed E-state index contributed by atoms with van der Waals surface area (Å²) in [6, 6.07) is 9.30. The fourth-order valence-corrected chi connectivity index (χ4v) is 2.83. The fourth-order valence-electron chi connectivity index (χ4n) is 2.83. The van der Waals surface area contributed by atoms with Gasteiger partial charge in [-0.25, -0.2) is 4.39 Å². The van der Waals surface area contributed by atoms with Crippen LogP contribution in [0.1, 0.15) is 25.2 Å². The minimum atomic E-state index is -1.73. The van der Waals surface area contributed by atoms with E-state index in [1.807, 2.05) is 30.3 Å². The largest absolute Gasteiger partial charge is 0.339 e. The highest BCUT2D eigenvalue weighted by molar-refractivity contribution is 5.81. The van der Waals surface area contributed by atoms with Gasteiger partial charge in [0.15, 0.2) is 0 Å². The molecule has 2 aliphatic rings. The number of rotatable bonds is 3. The molecule has 1 aliphatic carbocycles. The molecule has 1 aromatic heterocycles. The molecule has 2 heterocycles. The molecule has 1 amide bonds. The molecule has 0 N–H and O–H groups in total. The van der Waals surface area contributed by atoms with Crippen LogP contribution in [-0.2, 0) is 10.5 Å². The van der Waals surface area contributed by atoms with Crippen molar-refractivity contribution in [3.05, 3.63) is 36.2 Å². The monoisotopic (exact) mass is 301 g/mol. The van der Waals surface area contributed by atoms with E-state index in [9.17, 15) is 4.79 Å². The first-order valence-corrected chi connectivity index (χ1v) is 7.53. The first-order chi connectivity index (χ1) is 10.7. The number of amides is 1. The number of likely N-dealkylation sites (tertiary alicyclic amines) is 1. The lowest BCUT2D eigenvalue weighted by Crippen LogP contribution is -2.33. The van der Waals surface area contributed by atoms with Gasteiger partial charge in [-0.1, -0.05) is 35.5 Å². The Bertz CT molecular complexity index is 698. The quantitative estimate of drug-likeness (QED) is 0.874. The van der Waals surface area contributed by atoms with Gasteiger partial charge in [0.2, 0.25) is 17.4 Å².